The molecule has 0 bridgehead atoms. The molecule has 1 aliphatic rings. The van der Waals surface area contributed by atoms with E-state index in [1.54, 1.807) is 43.4 Å². The smallest absolute Gasteiger partial charge is 0.337 e. The first kappa shape index (κ1) is 24.0. The van der Waals surface area contributed by atoms with E-state index in [-0.39, 0.29) is 6.03 Å². The molecule has 0 aliphatic carbocycles. The number of esters is 1. The number of hydrogen-bond acceptors (Lipinski definition) is 5. The molecule has 0 radical (unpaired) electrons. The van der Waals surface area contributed by atoms with Crippen LogP contribution in [0.5, 0.6) is 11.5 Å². The first-order valence-electron chi connectivity index (χ1n) is 11.8. The number of nitrogens with zero attached hydrogens (tertiary/aromatic N) is 2. The summed E-state index contributed by atoms with van der Waals surface area (Å²) in [7, 11) is 4.52. The second kappa shape index (κ2) is 10.1. The van der Waals surface area contributed by atoms with Gasteiger partial charge in [0, 0.05) is 17.6 Å². The number of rotatable bonds is 5. The van der Waals surface area contributed by atoms with Crippen LogP contribution in [0.3, 0.4) is 0 Å². The minimum absolute atomic E-state index is 0.282. The number of nitrogens with one attached hydrogen (secondary N) is 1. The lowest BCUT2D eigenvalue weighted by molar-refractivity contribution is 0.0600. The monoisotopic (exact) mass is 497 g/mol. The van der Waals surface area contributed by atoms with Gasteiger partial charge in [-0.2, -0.15) is 0 Å². The van der Waals surface area contributed by atoms with Crippen molar-refractivity contribution in [2.24, 2.45) is 0 Å². The number of para-hydroxylation sites is 1. The van der Waals surface area contributed by atoms with Gasteiger partial charge in [-0.3, -0.25) is 0 Å². The molecule has 2 heterocycles. The van der Waals surface area contributed by atoms with Crippen molar-refractivity contribution in [3.8, 4) is 17.2 Å². The summed E-state index contributed by atoms with van der Waals surface area (Å²) in [5.74, 6) is 0.759. The zero-order valence-electron chi connectivity index (χ0n) is 20.8. The fourth-order valence-corrected chi connectivity index (χ4v) is 4.72. The van der Waals surface area contributed by atoms with Crippen LogP contribution in [0.2, 0.25) is 0 Å². The molecule has 5 rings (SSSR count). The molecule has 8 nitrogen and oxygen atoms in total. The molecule has 1 unspecified atom stereocenters. The Hall–Kier alpha value is -4.72. The van der Waals surface area contributed by atoms with Crippen LogP contribution < -0.4 is 14.8 Å². The Morgan fingerprint density at radius 1 is 0.865 bits per heavy atom. The van der Waals surface area contributed by atoms with Gasteiger partial charge >= 0.3 is 12.0 Å². The topological polar surface area (TPSA) is 82.0 Å². The summed E-state index contributed by atoms with van der Waals surface area (Å²) in [6.45, 7) is 0.378. The molecule has 1 atom stereocenters. The van der Waals surface area contributed by atoms with E-state index in [1.165, 1.54) is 7.11 Å². The van der Waals surface area contributed by atoms with Gasteiger partial charge in [-0.15, -0.1) is 0 Å². The van der Waals surface area contributed by atoms with Crippen molar-refractivity contribution in [2.75, 3.05) is 26.6 Å². The van der Waals surface area contributed by atoms with Crippen LogP contribution >= 0.6 is 0 Å². The minimum atomic E-state index is -0.434. The van der Waals surface area contributed by atoms with Gasteiger partial charge in [0.15, 0.2) is 11.5 Å². The lowest BCUT2D eigenvalue weighted by Crippen LogP contribution is -2.38. The Bertz CT molecular complexity index is 1440. The average molecular weight is 498 g/mol. The van der Waals surface area contributed by atoms with E-state index in [2.05, 4.69) is 16.0 Å². The second-order valence-electron chi connectivity index (χ2n) is 8.58. The van der Waals surface area contributed by atoms with E-state index in [1.807, 2.05) is 54.7 Å². The van der Waals surface area contributed by atoms with Crippen molar-refractivity contribution < 1.29 is 23.8 Å². The van der Waals surface area contributed by atoms with Crippen molar-refractivity contribution in [1.82, 2.24) is 9.47 Å². The van der Waals surface area contributed by atoms with Gasteiger partial charge in [0.25, 0.3) is 0 Å². The van der Waals surface area contributed by atoms with Crippen molar-refractivity contribution in [3.63, 3.8) is 0 Å². The molecule has 3 aromatic carbocycles. The Labute approximate surface area is 215 Å². The Morgan fingerprint density at radius 2 is 1.62 bits per heavy atom. The zero-order chi connectivity index (χ0) is 25.9. The third-order valence-electron chi connectivity index (χ3n) is 6.51. The normalized spacial score (nSPS) is 14.1. The van der Waals surface area contributed by atoms with Crippen LogP contribution in [0.15, 0.2) is 85.1 Å². The van der Waals surface area contributed by atoms with Crippen LogP contribution in [-0.2, 0) is 11.3 Å². The second-order valence-corrected chi connectivity index (χ2v) is 8.58. The number of carbonyl (C=O) groups excluding carboxylic acids is 2. The van der Waals surface area contributed by atoms with Gasteiger partial charge in [0.1, 0.15) is 0 Å². The summed E-state index contributed by atoms with van der Waals surface area (Å²) in [6.07, 6.45) is 2.01. The maximum atomic E-state index is 13.9. The standard InChI is InChI=1S/C29H27N3O5/c1-35-25-15-12-20(17-26(25)36-2)27-24-9-6-16-31(24)23-8-5-4-7-21(23)18-32(27)29(34)30-22-13-10-19(11-14-22)28(33)37-3/h4-17,27H,18H2,1-3H3,(H,30,34). The summed E-state index contributed by atoms with van der Waals surface area (Å²) >= 11 is 0. The Morgan fingerprint density at radius 3 is 2.35 bits per heavy atom. The van der Waals surface area contributed by atoms with Gasteiger partial charge in [0.2, 0.25) is 0 Å². The number of aromatic nitrogens is 1. The highest BCUT2D eigenvalue weighted by atomic mass is 16.5. The van der Waals surface area contributed by atoms with Gasteiger partial charge in [-0.05, 0) is 65.7 Å². The van der Waals surface area contributed by atoms with E-state index >= 15 is 0 Å². The predicted octanol–water partition coefficient (Wildman–Crippen LogP) is 5.42. The lowest BCUT2D eigenvalue weighted by atomic mass is 10.0. The van der Waals surface area contributed by atoms with E-state index in [9.17, 15) is 9.59 Å². The third kappa shape index (κ3) is 4.49. The molecule has 0 saturated heterocycles. The maximum absolute atomic E-state index is 13.9. The van der Waals surface area contributed by atoms with E-state index in [0.29, 0.717) is 29.3 Å². The molecule has 37 heavy (non-hydrogen) atoms. The van der Waals surface area contributed by atoms with Gasteiger partial charge < -0.3 is 29.0 Å². The highest BCUT2D eigenvalue weighted by Gasteiger charge is 2.33. The largest absolute Gasteiger partial charge is 0.493 e. The number of carbonyl (C=O) groups is 2. The molecule has 0 saturated carbocycles. The fourth-order valence-electron chi connectivity index (χ4n) is 4.72. The van der Waals surface area contributed by atoms with Gasteiger partial charge in [-0.1, -0.05) is 24.3 Å². The van der Waals surface area contributed by atoms with Crippen LogP contribution in [0.1, 0.15) is 33.2 Å². The van der Waals surface area contributed by atoms with Crippen molar-refractivity contribution in [3.05, 3.63) is 107 Å². The fraction of sp³-hybridized carbons (Fsp3) is 0.172. The number of methoxy groups -OCH3 is 3. The van der Waals surface area contributed by atoms with E-state index in [0.717, 1.165) is 22.5 Å². The van der Waals surface area contributed by atoms with Crippen molar-refractivity contribution >= 4 is 17.7 Å². The van der Waals surface area contributed by atoms with E-state index in [4.69, 9.17) is 14.2 Å². The number of fused-ring (bicyclic) bond motifs is 3. The molecule has 0 spiro atoms. The molecule has 8 heteroatoms. The van der Waals surface area contributed by atoms with Crippen LogP contribution in [0.4, 0.5) is 10.5 Å². The number of benzene rings is 3. The average Bonchev–Trinajstić information content (AvgIpc) is 3.36. The molecule has 1 aliphatic heterocycles. The number of ether oxygens (including phenoxy) is 3. The molecular formula is C29H27N3O5. The molecule has 1 N–H and O–H groups in total. The Kier molecular flexibility index (Phi) is 6.55. The minimum Gasteiger partial charge on any atom is -0.493 e. The van der Waals surface area contributed by atoms with Crippen LogP contribution in [0, 0.1) is 0 Å². The van der Waals surface area contributed by atoms with E-state index < -0.39 is 12.0 Å². The zero-order valence-corrected chi connectivity index (χ0v) is 20.8. The molecule has 1 aromatic heterocycles. The Balaban J connectivity index is 1.58. The molecule has 2 amide bonds. The van der Waals surface area contributed by atoms with Crippen molar-refractivity contribution in [1.29, 1.82) is 0 Å². The quantitative estimate of drug-likeness (QED) is 0.373. The summed E-state index contributed by atoms with van der Waals surface area (Å²) in [6, 6.07) is 23.7. The molecule has 188 valence electrons. The van der Waals surface area contributed by atoms with Gasteiger partial charge in [0.05, 0.1) is 45.2 Å². The molecule has 0 fully saturated rings. The number of urea groups is 1. The highest BCUT2D eigenvalue weighted by molar-refractivity contribution is 5.92. The highest BCUT2D eigenvalue weighted by Crippen LogP contribution is 2.39. The van der Waals surface area contributed by atoms with Gasteiger partial charge in [-0.25, -0.2) is 9.59 Å². The van der Waals surface area contributed by atoms with Crippen LogP contribution in [0.25, 0.3) is 5.69 Å². The molecule has 4 aromatic rings. The summed E-state index contributed by atoms with van der Waals surface area (Å²) in [5, 5.41) is 3.00. The first-order chi connectivity index (χ1) is 18.0. The first-order valence-corrected chi connectivity index (χ1v) is 11.8. The summed E-state index contributed by atoms with van der Waals surface area (Å²) in [5.41, 5.74) is 4.82. The molecular weight excluding hydrogens is 470 g/mol. The SMILES string of the molecule is COC(=O)c1ccc(NC(=O)N2Cc3ccccc3-n3cccc3C2c2ccc(OC)c(OC)c2)cc1. The number of anilines is 1. The van der Waals surface area contributed by atoms with Crippen LogP contribution in [-0.4, -0.2) is 42.8 Å². The number of amides is 2. The van der Waals surface area contributed by atoms with Crippen molar-refractivity contribution in [2.45, 2.75) is 12.6 Å². The third-order valence-corrected chi connectivity index (χ3v) is 6.51. The number of hydrogen-bond donors (Lipinski definition) is 1. The maximum Gasteiger partial charge on any atom is 0.337 e. The summed E-state index contributed by atoms with van der Waals surface area (Å²) in [4.78, 5) is 27.5. The summed E-state index contributed by atoms with van der Waals surface area (Å²) < 4.78 is 17.9. The predicted molar refractivity (Wildman–Crippen MR) is 140 cm³/mol. The lowest BCUT2D eigenvalue weighted by Gasteiger charge is -2.31.